The normalized spacial score (nSPS) is 14.2. The van der Waals surface area contributed by atoms with Crippen molar-refractivity contribution in [1.82, 2.24) is 15.0 Å². The van der Waals surface area contributed by atoms with Crippen LogP contribution in [0.5, 0.6) is 0 Å². The van der Waals surface area contributed by atoms with E-state index in [1.165, 1.54) is 42.6 Å². The fourth-order valence-corrected chi connectivity index (χ4v) is 5.78. The van der Waals surface area contributed by atoms with Crippen molar-refractivity contribution in [1.29, 1.82) is 0 Å². The van der Waals surface area contributed by atoms with Crippen LogP contribution in [0.15, 0.2) is 64.3 Å². The summed E-state index contributed by atoms with van der Waals surface area (Å²) in [4.78, 5) is 19.5. The molecule has 0 saturated carbocycles. The van der Waals surface area contributed by atoms with Crippen LogP contribution in [0.2, 0.25) is 0 Å². The van der Waals surface area contributed by atoms with Crippen molar-refractivity contribution >= 4 is 33.2 Å². The fraction of sp³-hybridized carbons (Fsp3) is 0.276. The van der Waals surface area contributed by atoms with Gasteiger partial charge in [-0.05, 0) is 81.0 Å². The van der Waals surface area contributed by atoms with E-state index < -0.39 is 15.8 Å². The van der Waals surface area contributed by atoms with Gasteiger partial charge in [0.15, 0.2) is 5.03 Å². The maximum atomic E-state index is 13.8. The van der Waals surface area contributed by atoms with Crippen LogP contribution in [0.4, 0.5) is 26.0 Å². The summed E-state index contributed by atoms with van der Waals surface area (Å²) in [6, 6.07) is 11.8. The SMILES string of the molecule is Cc1cc(F)ccc1Nc1cc(S(=O)(=O)Nc2onc(C)c2C)ncc1C(=O)N1CCC(c2ccc(F)cc2)CC1. The van der Waals surface area contributed by atoms with Crippen LogP contribution in [-0.2, 0) is 10.0 Å². The molecule has 2 aromatic carbocycles. The van der Waals surface area contributed by atoms with E-state index in [1.807, 2.05) is 0 Å². The van der Waals surface area contributed by atoms with Gasteiger partial charge in [0.25, 0.3) is 15.9 Å². The molecule has 1 aliphatic heterocycles. The number of carbonyl (C=O) groups is 1. The number of anilines is 3. The van der Waals surface area contributed by atoms with E-state index in [0.717, 1.165) is 5.56 Å². The van der Waals surface area contributed by atoms with Crippen molar-refractivity contribution in [2.24, 2.45) is 0 Å². The van der Waals surface area contributed by atoms with Crippen molar-refractivity contribution in [3.63, 3.8) is 0 Å². The van der Waals surface area contributed by atoms with Gasteiger partial charge in [-0.1, -0.05) is 17.3 Å². The molecule has 0 aliphatic carbocycles. The fourth-order valence-electron chi connectivity index (χ4n) is 4.78. The summed E-state index contributed by atoms with van der Waals surface area (Å²) in [6.07, 6.45) is 2.61. The number of hydrogen-bond acceptors (Lipinski definition) is 7. The predicted octanol–water partition coefficient (Wildman–Crippen LogP) is 5.84. The standard InChI is InChI=1S/C29H29F2N5O4S/c1-17-14-23(31)8-9-25(17)33-26-15-27(41(38,39)35-28-18(2)19(3)34-40-28)32-16-24(26)29(37)36-12-10-21(11-13-36)20-4-6-22(30)7-5-20/h4-9,14-16,21,35H,10-13H2,1-3H3,(H,32,33). The van der Waals surface area contributed by atoms with Crippen LogP contribution < -0.4 is 10.0 Å². The molecule has 2 aromatic heterocycles. The van der Waals surface area contributed by atoms with Crippen LogP contribution in [0.1, 0.15) is 51.5 Å². The third-order valence-corrected chi connectivity index (χ3v) is 8.58. The van der Waals surface area contributed by atoms with Crippen molar-refractivity contribution in [3.8, 4) is 0 Å². The second kappa shape index (κ2) is 11.3. The number of rotatable bonds is 7. The van der Waals surface area contributed by atoms with Crippen LogP contribution in [0, 0.1) is 32.4 Å². The molecule has 0 unspecified atom stereocenters. The molecule has 12 heteroatoms. The number of benzene rings is 2. The Balaban J connectivity index is 1.43. The number of halogens is 2. The second-order valence-electron chi connectivity index (χ2n) is 10.1. The Hall–Kier alpha value is -4.32. The number of nitrogens with zero attached hydrogens (tertiary/aromatic N) is 3. The summed E-state index contributed by atoms with van der Waals surface area (Å²) in [6.45, 7) is 5.97. The van der Waals surface area contributed by atoms with E-state index in [0.29, 0.717) is 48.4 Å². The van der Waals surface area contributed by atoms with Crippen LogP contribution in [0.3, 0.4) is 0 Å². The average Bonchev–Trinajstić information content (AvgIpc) is 3.26. The third kappa shape index (κ3) is 6.07. The molecule has 1 saturated heterocycles. The minimum Gasteiger partial charge on any atom is -0.355 e. The van der Waals surface area contributed by atoms with Gasteiger partial charge in [0.05, 0.1) is 16.9 Å². The predicted molar refractivity (Wildman–Crippen MR) is 150 cm³/mol. The van der Waals surface area contributed by atoms with Crippen molar-refractivity contribution < 1.29 is 26.5 Å². The Bertz CT molecular complexity index is 1700. The van der Waals surface area contributed by atoms with E-state index in [2.05, 4.69) is 20.2 Å². The van der Waals surface area contributed by atoms with E-state index in [9.17, 15) is 22.0 Å². The number of aromatic nitrogens is 2. The first kappa shape index (κ1) is 28.2. The summed E-state index contributed by atoms with van der Waals surface area (Å²) < 4.78 is 60.9. The summed E-state index contributed by atoms with van der Waals surface area (Å²) >= 11 is 0. The molecule has 5 rings (SSSR count). The van der Waals surface area contributed by atoms with Crippen molar-refractivity contribution in [2.75, 3.05) is 23.1 Å². The summed E-state index contributed by atoms with van der Waals surface area (Å²) in [7, 11) is -4.21. The molecule has 1 fully saturated rings. The molecule has 4 aromatic rings. The molecule has 9 nitrogen and oxygen atoms in total. The number of amides is 1. The van der Waals surface area contributed by atoms with E-state index in [4.69, 9.17) is 4.52 Å². The summed E-state index contributed by atoms with van der Waals surface area (Å²) in [5.41, 5.74) is 3.52. The van der Waals surface area contributed by atoms with Gasteiger partial charge in [-0.3, -0.25) is 4.79 Å². The minimum absolute atomic E-state index is 0.0302. The number of pyridine rings is 1. The molecule has 0 atom stereocenters. The van der Waals surface area contributed by atoms with E-state index in [1.54, 1.807) is 37.8 Å². The van der Waals surface area contributed by atoms with Gasteiger partial charge in [0.2, 0.25) is 5.88 Å². The van der Waals surface area contributed by atoms with Gasteiger partial charge in [0, 0.05) is 36.6 Å². The molecular weight excluding hydrogens is 552 g/mol. The average molecular weight is 582 g/mol. The van der Waals surface area contributed by atoms with Gasteiger partial charge in [-0.25, -0.2) is 18.5 Å². The van der Waals surface area contributed by atoms with Gasteiger partial charge in [-0.2, -0.15) is 8.42 Å². The first-order valence-corrected chi connectivity index (χ1v) is 14.5. The molecule has 2 N–H and O–H groups in total. The quantitative estimate of drug-likeness (QED) is 0.282. The Morgan fingerprint density at radius 3 is 2.29 bits per heavy atom. The topological polar surface area (TPSA) is 117 Å². The summed E-state index contributed by atoms with van der Waals surface area (Å²) in [5.74, 6) is -0.877. The molecule has 3 heterocycles. The largest absolute Gasteiger partial charge is 0.355 e. The highest BCUT2D eigenvalue weighted by molar-refractivity contribution is 7.92. The Morgan fingerprint density at radius 1 is 0.976 bits per heavy atom. The van der Waals surface area contributed by atoms with Gasteiger partial charge in [-0.15, -0.1) is 0 Å². The van der Waals surface area contributed by atoms with E-state index >= 15 is 0 Å². The lowest BCUT2D eigenvalue weighted by Crippen LogP contribution is -2.38. The van der Waals surface area contributed by atoms with Gasteiger partial charge < -0.3 is 14.7 Å². The first-order valence-electron chi connectivity index (χ1n) is 13.1. The monoisotopic (exact) mass is 581 g/mol. The van der Waals surface area contributed by atoms with Crippen molar-refractivity contribution in [2.45, 2.75) is 44.6 Å². The minimum atomic E-state index is -4.21. The number of likely N-dealkylation sites (tertiary alicyclic amines) is 1. The van der Waals surface area contributed by atoms with Crippen molar-refractivity contribution in [3.05, 3.63) is 94.3 Å². The van der Waals surface area contributed by atoms with Gasteiger partial charge >= 0.3 is 0 Å². The Labute approximate surface area is 236 Å². The highest BCUT2D eigenvalue weighted by Gasteiger charge is 2.28. The van der Waals surface area contributed by atoms with E-state index in [-0.39, 0.29) is 39.8 Å². The van der Waals surface area contributed by atoms with Crippen LogP contribution in [0.25, 0.3) is 0 Å². The molecule has 0 spiro atoms. The zero-order valence-electron chi connectivity index (χ0n) is 22.7. The number of hydrogen-bond donors (Lipinski definition) is 2. The zero-order chi connectivity index (χ0) is 29.3. The molecule has 1 aliphatic rings. The first-order chi connectivity index (χ1) is 19.5. The molecule has 0 radical (unpaired) electrons. The number of carbonyl (C=O) groups excluding carboxylic acids is 1. The highest BCUT2D eigenvalue weighted by Crippen LogP contribution is 2.32. The zero-order valence-corrected chi connectivity index (χ0v) is 23.6. The molecular formula is C29H29F2N5O4S. The van der Waals surface area contributed by atoms with Crippen LogP contribution in [-0.4, -0.2) is 42.5 Å². The lowest BCUT2D eigenvalue weighted by molar-refractivity contribution is 0.0713. The Kier molecular flexibility index (Phi) is 7.76. The van der Waals surface area contributed by atoms with Gasteiger partial charge in [0.1, 0.15) is 11.6 Å². The number of sulfonamides is 1. The number of piperidine rings is 1. The maximum Gasteiger partial charge on any atom is 0.281 e. The Morgan fingerprint density at radius 2 is 1.66 bits per heavy atom. The third-order valence-electron chi connectivity index (χ3n) is 7.35. The lowest BCUT2D eigenvalue weighted by atomic mass is 9.89. The molecule has 214 valence electrons. The molecule has 0 bridgehead atoms. The maximum absolute atomic E-state index is 13.8. The molecule has 1 amide bonds. The number of aryl methyl sites for hydroxylation is 2. The highest BCUT2D eigenvalue weighted by atomic mass is 32.2. The smallest absolute Gasteiger partial charge is 0.281 e. The summed E-state index contributed by atoms with van der Waals surface area (Å²) in [5, 5.41) is 6.52. The second-order valence-corrected chi connectivity index (χ2v) is 11.7. The molecule has 41 heavy (non-hydrogen) atoms. The lowest BCUT2D eigenvalue weighted by Gasteiger charge is -2.32. The number of nitrogens with one attached hydrogen (secondary N) is 2. The van der Waals surface area contributed by atoms with Crippen LogP contribution >= 0.6 is 0 Å².